The number of rotatable bonds is 6. The molecule has 1 saturated heterocycles. The highest BCUT2D eigenvalue weighted by Crippen LogP contribution is 2.23. The van der Waals surface area contributed by atoms with Crippen molar-refractivity contribution in [2.45, 2.75) is 6.92 Å². The first-order chi connectivity index (χ1) is 17.5. The number of pyridine rings is 1. The summed E-state index contributed by atoms with van der Waals surface area (Å²) in [6.45, 7) is 5.24. The Morgan fingerprint density at radius 3 is 2.28 bits per heavy atom. The number of ether oxygens (including phenoxy) is 1. The smallest absolute Gasteiger partial charge is 0.275 e. The minimum atomic E-state index is -0.288. The van der Waals surface area contributed by atoms with E-state index in [0.29, 0.717) is 16.5 Å². The molecule has 0 atom stereocenters. The largest absolute Gasteiger partial charge is 0.497 e. The van der Waals surface area contributed by atoms with Crippen LogP contribution in [0, 0.1) is 6.92 Å². The zero-order valence-corrected chi connectivity index (χ0v) is 20.9. The SMILES string of the molecule is COc1ccc(N2CCN(c3cccc(C(=O)Nc4cc(C)nn4-c4ccc(Cl)cc4)n3)CC2)cc1. The Morgan fingerprint density at radius 1 is 0.917 bits per heavy atom. The van der Waals surface area contributed by atoms with E-state index in [4.69, 9.17) is 16.3 Å². The third-order valence-corrected chi connectivity index (χ3v) is 6.40. The number of carbonyl (C=O) groups excluding carboxylic acids is 1. The zero-order chi connectivity index (χ0) is 25.1. The van der Waals surface area contributed by atoms with Crippen molar-refractivity contribution in [1.29, 1.82) is 0 Å². The molecule has 1 amide bonds. The number of methoxy groups -OCH3 is 1. The third kappa shape index (κ3) is 5.13. The molecule has 5 rings (SSSR count). The molecular formula is C27H27ClN6O2. The van der Waals surface area contributed by atoms with E-state index in [-0.39, 0.29) is 5.91 Å². The fraction of sp³-hybridized carbons (Fsp3) is 0.222. The van der Waals surface area contributed by atoms with Crippen molar-refractivity contribution in [3.05, 3.63) is 89.2 Å². The molecular weight excluding hydrogens is 476 g/mol. The number of nitrogens with one attached hydrogen (secondary N) is 1. The molecule has 1 fully saturated rings. The average molecular weight is 503 g/mol. The molecule has 1 aliphatic heterocycles. The van der Waals surface area contributed by atoms with E-state index in [1.54, 1.807) is 30.0 Å². The van der Waals surface area contributed by atoms with Gasteiger partial charge in [0.1, 0.15) is 23.1 Å². The van der Waals surface area contributed by atoms with Crippen molar-refractivity contribution in [3.63, 3.8) is 0 Å². The number of aromatic nitrogens is 3. The van der Waals surface area contributed by atoms with E-state index in [0.717, 1.165) is 49.1 Å². The number of aryl methyl sites for hydroxylation is 1. The maximum atomic E-state index is 13.1. The summed E-state index contributed by atoms with van der Waals surface area (Å²) in [6.07, 6.45) is 0. The van der Waals surface area contributed by atoms with Crippen LogP contribution in [0.1, 0.15) is 16.2 Å². The van der Waals surface area contributed by atoms with Gasteiger partial charge in [-0.25, -0.2) is 9.67 Å². The Hall–Kier alpha value is -4.04. The van der Waals surface area contributed by atoms with E-state index in [9.17, 15) is 4.79 Å². The second-order valence-electron chi connectivity index (χ2n) is 8.57. The van der Waals surface area contributed by atoms with Gasteiger partial charge in [0.2, 0.25) is 0 Å². The molecule has 0 aliphatic carbocycles. The molecule has 4 aromatic rings. The first-order valence-corrected chi connectivity index (χ1v) is 12.1. The minimum absolute atomic E-state index is 0.288. The van der Waals surface area contributed by atoms with Gasteiger partial charge >= 0.3 is 0 Å². The highest BCUT2D eigenvalue weighted by Gasteiger charge is 2.20. The zero-order valence-electron chi connectivity index (χ0n) is 20.2. The first-order valence-electron chi connectivity index (χ1n) is 11.7. The van der Waals surface area contributed by atoms with Gasteiger partial charge in [-0.1, -0.05) is 17.7 Å². The van der Waals surface area contributed by atoms with E-state index in [1.165, 1.54) is 5.69 Å². The Kier molecular flexibility index (Phi) is 6.77. The van der Waals surface area contributed by atoms with Crippen LogP contribution in [0.4, 0.5) is 17.3 Å². The van der Waals surface area contributed by atoms with E-state index in [2.05, 4.69) is 37.3 Å². The molecule has 0 saturated carbocycles. The summed E-state index contributed by atoms with van der Waals surface area (Å²) >= 11 is 6.02. The fourth-order valence-electron chi connectivity index (χ4n) is 4.26. The van der Waals surface area contributed by atoms with Gasteiger partial charge in [-0.15, -0.1) is 0 Å². The Morgan fingerprint density at radius 2 is 1.58 bits per heavy atom. The van der Waals surface area contributed by atoms with Gasteiger partial charge in [0, 0.05) is 43.0 Å². The molecule has 2 aromatic carbocycles. The summed E-state index contributed by atoms with van der Waals surface area (Å²) in [5, 5.41) is 8.10. The molecule has 1 N–H and O–H groups in total. The van der Waals surface area contributed by atoms with Crippen molar-refractivity contribution in [2.24, 2.45) is 0 Å². The van der Waals surface area contributed by atoms with Crippen LogP contribution in [0.5, 0.6) is 5.75 Å². The quantitative estimate of drug-likeness (QED) is 0.407. The minimum Gasteiger partial charge on any atom is -0.497 e. The summed E-state index contributed by atoms with van der Waals surface area (Å²) < 4.78 is 6.94. The van der Waals surface area contributed by atoms with Crippen LogP contribution < -0.4 is 19.9 Å². The number of hydrogen-bond donors (Lipinski definition) is 1. The topological polar surface area (TPSA) is 75.5 Å². The van der Waals surface area contributed by atoms with E-state index in [1.807, 2.05) is 49.4 Å². The van der Waals surface area contributed by atoms with Crippen molar-refractivity contribution in [1.82, 2.24) is 14.8 Å². The van der Waals surface area contributed by atoms with Crippen LogP contribution in [0.25, 0.3) is 5.69 Å². The number of amides is 1. The number of benzene rings is 2. The van der Waals surface area contributed by atoms with Crippen molar-refractivity contribution >= 4 is 34.8 Å². The van der Waals surface area contributed by atoms with Crippen molar-refractivity contribution in [3.8, 4) is 11.4 Å². The summed E-state index contributed by atoms with van der Waals surface area (Å²) in [4.78, 5) is 22.3. The molecule has 0 unspecified atom stereocenters. The second kappa shape index (κ2) is 10.3. The molecule has 0 bridgehead atoms. The molecule has 36 heavy (non-hydrogen) atoms. The second-order valence-corrected chi connectivity index (χ2v) is 9.00. The van der Waals surface area contributed by atoms with Gasteiger partial charge in [-0.05, 0) is 67.6 Å². The maximum Gasteiger partial charge on any atom is 0.275 e. The van der Waals surface area contributed by atoms with Crippen molar-refractivity contribution in [2.75, 3.05) is 48.4 Å². The lowest BCUT2D eigenvalue weighted by Gasteiger charge is -2.36. The lowest BCUT2D eigenvalue weighted by atomic mass is 10.2. The van der Waals surface area contributed by atoms with Gasteiger partial charge in [0.05, 0.1) is 18.5 Å². The summed E-state index contributed by atoms with van der Waals surface area (Å²) in [7, 11) is 1.67. The molecule has 184 valence electrons. The highest BCUT2D eigenvalue weighted by atomic mass is 35.5. The average Bonchev–Trinajstić information content (AvgIpc) is 3.29. The van der Waals surface area contributed by atoms with Crippen LogP contribution in [-0.4, -0.2) is 54.0 Å². The molecule has 0 spiro atoms. The monoisotopic (exact) mass is 502 g/mol. The van der Waals surface area contributed by atoms with Gasteiger partial charge in [0.15, 0.2) is 0 Å². The van der Waals surface area contributed by atoms with Gasteiger partial charge in [0.25, 0.3) is 5.91 Å². The maximum absolute atomic E-state index is 13.1. The van der Waals surface area contributed by atoms with Crippen LogP contribution in [-0.2, 0) is 0 Å². The third-order valence-electron chi connectivity index (χ3n) is 6.15. The molecule has 2 aromatic heterocycles. The number of piperazine rings is 1. The van der Waals surface area contributed by atoms with Gasteiger partial charge in [-0.3, -0.25) is 4.79 Å². The van der Waals surface area contributed by atoms with Crippen LogP contribution in [0.3, 0.4) is 0 Å². The summed E-state index contributed by atoms with van der Waals surface area (Å²) in [6, 6.07) is 22.8. The Balaban J connectivity index is 1.27. The predicted octanol–water partition coefficient (Wildman–Crippen LogP) is 4.82. The fourth-order valence-corrected chi connectivity index (χ4v) is 4.39. The van der Waals surface area contributed by atoms with Gasteiger partial charge in [-0.2, -0.15) is 5.10 Å². The Labute approximate surface area is 215 Å². The number of halogens is 1. The lowest BCUT2D eigenvalue weighted by Crippen LogP contribution is -2.46. The molecule has 9 heteroatoms. The van der Waals surface area contributed by atoms with Crippen LogP contribution >= 0.6 is 11.6 Å². The number of nitrogens with zero attached hydrogens (tertiary/aromatic N) is 5. The normalized spacial score (nSPS) is 13.5. The predicted molar refractivity (Wildman–Crippen MR) is 143 cm³/mol. The standard InChI is InChI=1S/C27H27ClN6O2/c1-19-18-26(34(31-19)22-8-6-20(28)7-9-22)30-27(35)24-4-3-5-25(29-24)33-16-14-32(15-17-33)21-10-12-23(36-2)13-11-21/h3-13,18H,14-17H2,1-2H3,(H,30,35). The van der Waals surface area contributed by atoms with Crippen LogP contribution in [0.15, 0.2) is 72.8 Å². The lowest BCUT2D eigenvalue weighted by molar-refractivity contribution is 0.102. The van der Waals surface area contributed by atoms with Gasteiger partial charge < -0.3 is 19.9 Å². The molecule has 3 heterocycles. The van der Waals surface area contributed by atoms with E-state index < -0.39 is 0 Å². The van der Waals surface area contributed by atoms with Crippen molar-refractivity contribution < 1.29 is 9.53 Å². The Bertz CT molecular complexity index is 1350. The summed E-state index contributed by atoms with van der Waals surface area (Å²) in [5.74, 6) is 1.92. The molecule has 0 radical (unpaired) electrons. The van der Waals surface area contributed by atoms with Crippen LogP contribution in [0.2, 0.25) is 5.02 Å². The number of carbonyl (C=O) groups is 1. The number of anilines is 3. The number of hydrogen-bond acceptors (Lipinski definition) is 6. The molecule has 1 aliphatic rings. The molecule has 8 nitrogen and oxygen atoms in total. The summed E-state index contributed by atoms with van der Waals surface area (Å²) in [5.41, 5.74) is 3.12. The van der Waals surface area contributed by atoms with E-state index >= 15 is 0 Å². The first kappa shape index (κ1) is 23.7. The highest BCUT2D eigenvalue weighted by molar-refractivity contribution is 6.30.